The fraction of sp³-hybridized carbons (Fsp3) is 0.278. The molecule has 0 atom stereocenters. The van der Waals surface area contributed by atoms with Crippen molar-refractivity contribution >= 4 is 40.0 Å². The van der Waals surface area contributed by atoms with Crippen molar-refractivity contribution in [3.63, 3.8) is 0 Å². The zero-order valence-electron chi connectivity index (χ0n) is 13.3. The van der Waals surface area contributed by atoms with E-state index in [1.165, 1.54) is 37.1 Å². The third kappa shape index (κ3) is 3.42. The van der Waals surface area contributed by atoms with Gasteiger partial charge in [-0.25, -0.2) is 0 Å². The van der Waals surface area contributed by atoms with Crippen LogP contribution in [0.4, 0.5) is 0 Å². The van der Waals surface area contributed by atoms with E-state index in [2.05, 4.69) is 32.0 Å². The number of esters is 1. The van der Waals surface area contributed by atoms with Crippen molar-refractivity contribution in [2.75, 3.05) is 7.11 Å². The maximum absolute atomic E-state index is 11.6. The lowest BCUT2D eigenvalue weighted by Gasteiger charge is -2.01. The first kappa shape index (κ1) is 16.4. The Labute approximate surface area is 148 Å². The van der Waals surface area contributed by atoms with E-state index < -0.39 is 0 Å². The van der Waals surface area contributed by atoms with E-state index in [9.17, 15) is 4.79 Å². The summed E-state index contributed by atoms with van der Waals surface area (Å²) in [5, 5.41) is 2.04. The van der Waals surface area contributed by atoms with Crippen LogP contribution in [0, 0.1) is 6.92 Å². The predicted molar refractivity (Wildman–Crippen MR) is 101 cm³/mol. The second-order valence-electron chi connectivity index (χ2n) is 5.26. The molecule has 0 aromatic carbocycles. The number of aryl methyl sites for hydroxylation is 2. The standard InChI is InChI=1S/C18H18O2S3/c1-4-12-9-11(2)22-18(12)15-6-5-14(23-15)17-13(7-8-21-17)10-16(19)20-3/h5-9H,4,10H2,1-3H3. The molecule has 0 aliphatic heterocycles. The Kier molecular flexibility index (Phi) is 4.99. The Morgan fingerprint density at radius 3 is 2.52 bits per heavy atom. The van der Waals surface area contributed by atoms with Crippen LogP contribution in [0.2, 0.25) is 0 Å². The number of thiophene rings is 3. The number of rotatable bonds is 5. The van der Waals surface area contributed by atoms with Gasteiger partial charge in [-0.05, 0) is 54.1 Å². The minimum absolute atomic E-state index is 0.191. The van der Waals surface area contributed by atoms with Crippen molar-refractivity contribution in [1.29, 1.82) is 0 Å². The molecule has 0 N–H and O–H groups in total. The average molecular weight is 363 g/mol. The van der Waals surface area contributed by atoms with Crippen molar-refractivity contribution in [1.82, 2.24) is 0 Å². The zero-order valence-corrected chi connectivity index (χ0v) is 15.8. The summed E-state index contributed by atoms with van der Waals surface area (Å²) in [5.74, 6) is -0.191. The fourth-order valence-corrected chi connectivity index (χ4v) is 5.89. The molecular formula is C18H18O2S3. The molecule has 0 fully saturated rings. The Hall–Kier alpha value is -1.43. The molecule has 3 aromatic heterocycles. The fourth-order valence-electron chi connectivity index (χ4n) is 2.54. The average Bonchev–Trinajstić information content (AvgIpc) is 3.25. The van der Waals surface area contributed by atoms with Gasteiger partial charge in [0.2, 0.25) is 0 Å². The van der Waals surface area contributed by atoms with Crippen molar-refractivity contribution < 1.29 is 9.53 Å². The molecule has 5 heteroatoms. The number of hydrogen-bond donors (Lipinski definition) is 0. The van der Waals surface area contributed by atoms with Gasteiger partial charge < -0.3 is 4.74 Å². The molecule has 0 saturated carbocycles. The van der Waals surface area contributed by atoms with Gasteiger partial charge in [0.05, 0.1) is 13.5 Å². The van der Waals surface area contributed by atoms with E-state index in [1.807, 2.05) is 22.8 Å². The molecule has 0 spiro atoms. The van der Waals surface area contributed by atoms with E-state index in [0.717, 1.165) is 12.0 Å². The highest BCUT2D eigenvalue weighted by Crippen LogP contribution is 2.42. The number of carbonyl (C=O) groups excluding carboxylic acids is 1. The molecule has 0 aliphatic rings. The van der Waals surface area contributed by atoms with Gasteiger partial charge in [-0.1, -0.05) is 6.92 Å². The minimum atomic E-state index is -0.191. The number of carbonyl (C=O) groups is 1. The van der Waals surface area contributed by atoms with Crippen LogP contribution in [0.25, 0.3) is 19.5 Å². The summed E-state index contributed by atoms with van der Waals surface area (Å²) in [6, 6.07) is 8.67. The maximum atomic E-state index is 11.6. The molecular weight excluding hydrogens is 344 g/mol. The zero-order chi connectivity index (χ0) is 16.4. The SMILES string of the molecule is CCc1cc(C)sc1-c1ccc(-c2sccc2CC(=O)OC)s1. The van der Waals surface area contributed by atoms with Crippen molar-refractivity contribution in [2.24, 2.45) is 0 Å². The van der Waals surface area contributed by atoms with Gasteiger partial charge in [0, 0.05) is 24.4 Å². The van der Waals surface area contributed by atoms with Gasteiger partial charge in [-0.15, -0.1) is 34.0 Å². The summed E-state index contributed by atoms with van der Waals surface area (Å²) in [4.78, 5) is 18.0. The summed E-state index contributed by atoms with van der Waals surface area (Å²) < 4.78 is 4.79. The first-order valence-corrected chi connectivity index (χ1v) is 9.96. The quantitative estimate of drug-likeness (QED) is 0.537. The molecule has 2 nitrogen and oxygen atoms in total. The molecule has 0 amide bonds. The highest BCUT2D eigenvalue weighted by molar-refractivity contribution is 7.26. The summed E-state index contributed by atoms with van der Waals surface area (Å²) in [6.45, 7) is 4.36. The molecule has 120 valence electrons. The smallest absolute Gasteiger partial charge is 0.310 e. The lowest BCUT2D eigenvalue weighted by molar-refractivity contribution is -0.139. The van der Waals surface area contributed by atoms with E-state index in [-0.39, 0.29) is 5.97 Å². The van der Waals surface area contributed by atoms with Gasteiger partial charge in [0.1, 0.15) is 0 Å². The minimum Gasteiger partial charge on any atom is -0.469 e. The third-order valence-corrected chi connectivity index (χ3v) is 7.17. The first-order chi connectivity index (χ1) is 11.1. The monoisotopic (exact) mass is 362 g/mol. The van der Waals surface area contributed by atoms with Crippen LogP contribution in [0.1, 0.15) is 22.9 Å². The summed E-state index contributed by atoms with van der Waals surface area (Å²) in [5.41, 5.74) is 2.47. The Morgan fingerprint density at radius 2 is 1.83 bits per heavy atom. The largest absolute Gasteiger partial charge is 0.469 e. The maximum Gasteiger partial charge on any atom is 0.310 e. The van der Waals surface area contributed by atoms with Crippen LogP contribution in [-0.2, 0) is 22.4 Å². The lowest BCUT2D eigenvalue weighted by Crippen LogP contribution is -2.03. The number of hydrogen-bond acceptors (Lipinski definition) is 5. The highest BCUT2D eigenvalue weighted by Gasteiger charge is 2.15. The van der Waals surface area contributed by atoms with Gasteiger partial charge in [0.25, 0.3) is 0 Å². The molecule has 3 rings (SSSR count). The van der Waals surface area contributed by atoms with E-state index >= 15 is 0 Å². The van der Waals surface area contributed by atoms with E-state index in [0.29, 0.717) is 6.42 Å². The van der Waals surface area contributed by atoms with Gasteiger partial charge >= 0.3 is 5.97 Å². The topological polar surface area (TPSA) is 26.3 Å². The molecule has 3 aromatic rings. The van der Waals surface area contributed by atoms with Crippen LogP contribution < -0.4 is 0 Å². The Balaban J connectivity index is 1.94. The second-order valence-corrected chi connectivity index (χ2v) is 8.51. The first-order valence-electron chi connectivity index (χ1n) is 7.45. The third-order valence-electron chi connectivity index (χ3n) is 3.68. The molecule has 0 saturated heterocycles. The molecule has 0 bridgehead atoms. The summed E-state index contributed by atoms with van der Waals surface area (Å²) in [6.07, 6.45) is 1.39. The van der Waals surface area contributed by atoms with Crippen molar-refractivity contribution in [2.45, 2.75) is 26.7 Å². The second kappa shape index (κ2) is 6.99. The highest BCUT2D eigenvalue weighted by atomic mass is 32.1. The van der Waals surface area contributed by atoms with Gasteiger partial charge in [0.15, 0.2) is 0 Å². The number of ether oxygens (including phenoxy) is 1. The molecule has 3 heterocycles. The predicted octanol–water partition coefficient (Wildman–Crippen LogP) is 5.79. The molecule has 0 radical (unpaired) electrons. The lowest BCUT2D eigenvalue weighted by atomic mass is 10.1. The van der Waals surface area contributed by atoms with Crippen LogP contribution in [-0.4, -0.2) is 13.1 Å². The van der Waals surface area contributed by atoms with Crippen molar-refractivity contribution in [3.05, 3.63) is 45.6 Å². The Morgan fingerprint density at radius 1 is 1.09 bits per heavy atom. The molecule has 23 heavy (non-hydrogen) atoms. The van der Waals surface area contributed by atoms with Gasteiger partial charge in [-0.3, -0.25) is 4.79 Å². The van der Waals surface area contributed by atoms with Crippen LogP contribution in [0.5, 0.6) is 0 Å². The van der Waals surface area contributed by atoms with Crippen LogP contribution in [0.15, 0.2) is 29.6 Å². The molecule has 0 unspecified atom stereocenters. The molecule has 0 aliphatic carbocycles. The van der Waals surface area contributed by atoms with E-state index in [4.69, 9.17) is 4.74 Å². The summed E-state index contributed by atoms with van der Waals surface area (Å²) >= 11 is 5.35. The van der Waals surface area contributed by atoms with Crippen molar-refractivity contribution in [3.8, 4) is 19.5 Å². The number of methoxy groups -OCH3 is 1. The normalized spacial score (nSPS) is 10.9. The van der Waals surface area contributed by atoms with Gasteiger partial charge in [-0.2, -0.15) is 0 Å². The van der Waals surface area contributed by atoms with Crippen LogP contribution in [0.3, 0.4) is 0 Å². The van der Waals surface area contributed by atoms with E-state index in [1.54, 1.807) is 22.7 Å². The van der Waals surface area contributed by atoms with Crippen LogP contribution >= 0.6 is 34.0 Å². The summed E-state index contributed by atoms with van der Waals surface area (Å²) in [7, 11) is 1.43. The Bertz CT molecular complexity index is 823.